The molecule has 1 aromatic heterocycles. The largest absolute Gasteiger partial charge is 0.399 e. The van der Waals surface area contributed by atoms with Crippen molar-refractivity contribution in [2.75, 3.05) is 17.1 Å². The monoisotopic (exact) mass is 277 g/mol. The number of benzene rings is 1. The normalized spacial score (nSPS) is 11.3. The Morgan fingerprint density at radius 2 is 1.79 bits per heavy atom. The Hall–Kier alpha value is -2.08. The van der Waals surface area contributed by atoms with Crippen molar-refractivity contribution in [1.82, 2.24) is 4.98 Å². The van der Waals surface area contributed by atoms with Crippen molar-refractivity contribution in [3.63, 3.8) is 0 Å². The molecule has 6 heteroatoms. The second-order valence-electron chi connectivity index (χ2n) is 4.20. The van der Waals surface area contributed by atoms with Gasteiger partial charge in [-0.25, -0.2) is 8.42 Å². The molecule has 0 aliphatic rings. The molecule has 0 fully saturated rings. The maximum Gasteiger partial charge on any atom is 0.264 e. The molecule has 5 nitrogen and oxygen atoms in total. The molecule has 0 bridgehead atoms. The Morgan fingerprint density at radius 3 is 2.42 bits per heavy atom. The van der Waals surface area contributed by atoms with Gasteiger partial charge in [0.25, 0.3) is 10.0 Å². The van der Waals surface area contributed by atoms with Gasteiger partial charge in [0.15, 0.2) is 0 Å². The number of hydrogen-bond acceptors (Lipinski definition) is 4. The van der Waals surface area contributed by atoms with Crippen molar-refractivity contribution >= 4 is 21.4 Å². The first kappa shape index (κ1) is 13.4. The smallest absolute Gasteiger partial charge is 0.264 e. The molecule has 0 radical (unpaired) electrons. The number of hydrogen-bond donors (Lipinski definition) is 1. The van der Waals surface area contributed by atoms with Crippen LogP contribution in [-0.2, 0) is 10.0 Å². The van der Waals surface area contributed by atoms with Gasteiger partial charge in [0.2, 0.25) is 0 Å². The molecule has 2 N–H and O–H groups in total. The minimum atomic E-state index is -3.62. The Balaban J connectivity index is 2.51. The minimum Gasteiger partial charge on any atom is -0.399 e. The summed E-state index contributed by atoms with van der Waals surface area (Å²) < 4.78 is 26.3. The number of nitrogens with two attached hydrogens (primary N) is 1. The van der Waals surface area contributed by atoms with E-state index in [4.69, 9.17) is 5.73 Å². The molecule has 0 aliphatic heterocycles. The third-order valence-electron chi connectivity index (χ3n) is 2.88. The molecule has 0 saturated heterocycles. The van der Waals surface area contributed by atoms with E-state index >= 15 is 0 Å². The number of anilines is 2. The summed E-state index contributed by atoms with van der Waals surface area (Å²) in [6.45, 7) is 1.74. The summed E-state index contributed by atoms with van der Waals surface area (Å²) in [6.07, 6.45) is 3.10. The number of nitrogen functional groups attached to an aromatic ring is 1. The summed E-state index contributed by atoms with van der Waals surface area (Å²) in [4.78, 5) is 4.09. The quantitative estimate of drug-likeness (QED) is 0.868. The molecule has 0 saturated carbocycles. The van der Waals surface area contributed by atoms with Gasteiger partial charge in [-0.3, -0.25) is 9.29 Å². The van der Waals surface area contributed by atoms with Gasteiger partial charge in [-0.05, 0) is 36.8 Å². The van der Waals surface area contributed by atoms with Crippen molar-refractivity contribution in [2.45, 2.75) is 11.8 Å². The SMILES string of the molecule is Cc1ccc(N)cc1S(=O)(=O)N(C)c1ccncc1. The molecule has 1 aromatic carbocycles. The number of aromatic nitrogens is 1. The van der Waals surface area contributed by atoms with E-state index in [-0.39, 0.29) is 4.90 Å². The van der Waals surface area contributed by atoms with Gasteiger partial charge in [0.05, 0.1) is 10.6 Å². The van der Waals surface area contributed by atoms with E-state index in [2.05, 4.69) is 4.98 Å². The first-order chi connectivity index (χ1) is 8.93. The highest BCUT2D eigenvalue weighted by Gasteiger charge is 2.23. The highest BCUT2D eigenvalue weighted by atomic mass is 32.2. The van der Waals surface area contributed by atoms with Gasteiger partial charge in [0, 0.05) is 25.1 Å². The Kier molecular flexibility index (Phi) is 3.44. The van der Waals surface area contributed by atoms with Gasteiger partial charge in [-0.15, -0.1) is 0 Å². The Labute approximate surface area is 112 Å². The van der Waals surface area contributed by atoms with Crippen molar-refractivity contribution in [3.8, 4) is 0 Å². The van der Waals surface area contributed by atoms with Gasteiger partial charge in [-0.2, -0.15) is 0 Å². The van der Waals surface area contributed by atoms with Gasteiger partial charge >= 0.3 is 0 Å². The summed E-state index contributed by atoms with van der Waals surface area (Å²) in [5, 5.41) is 0. The minimum absolute atomic E-state index is 0.215. The van der Waals surface area contributed by atoms with Gasteiger partial charge in [0.1, 0.15) is 0 Å². The zero-order valence-electron chi connectivity index (χ0n) is 10.7. The van der Waals surface area contributed by atoms with Crippen LogP contribution >= 0.6 is 0 Å². The van der Waals surface area contributed by atoms with Crippen LogP contribution < -0.4 is 10.0 Å². The lowest BCUT2D eigenvalue weighted by Gasteiger charge is -2.20. The Bertz CT molecular complexity index is 684. The Morgan fingerprint density at radius 1 is 1.16 bits per heavy atom. The fourth-order valence-corrected chi connectivity index (χ4v) is 3.19. The van der Waals surface area contributed by atoms with Crippen LogP contribution in [0.5, 0.6) is 0 Å². The lowest BCUT2D eigenvalue weighted by atomic mass is 10.2. The first-order valence-electron chi connectivity index (χ1n) is 5.68. The predicted octanol–water partition coefficient (Wildman–Crippen LogP) is 1.80. The van der Waals surface area contributed by atoms with Crippen molar-refractivity contribution in [1.29, 1.82) is 0 Å². The molecule has 0 aliphatic carbocycles. The molecule has 0 spiro atoms. The van der Waals surface area contributed by atoms with E-state index in [9.17, 15) is 8.42 Å². The highest BCUT2D eigenvalue weighted by molar-refractivity contribution is 7.92. The molecule has 1 heterocycles. The van der Waals surface area contributed by atoms with Crippen LogP contribution in [0.25, 0.3) is 0 Å². The van der Waals surface area contributed by atoms with Crippen LogP contribution in [0.2, 0.25) is 0 Å². The zero-order valence-corrected chi connectivity index (χ0v) is 11.6. The van der Waals surface area contributed by atoms with E-state index in [0.717, 1.165) is 0 Å². The summed E-state index contributed by atoms with van der Waals surface area (Å²) in [5.74, 6) is 0. The van der Waals surface area contributed by atoms with E-state index < -0.39 is 10.0 Å². The topological polar surface area (TPSA) is 76.3 Å². The third-order valence-corrected chi connectivity index (χ3v) is 4.80. The maximum absolute atomic E-state index is 12.6. The van der Waals surface area contributed by atoms with Crippen LogP contribution in [-0.4, -0.2) is 20.4 Å². The molecule has 2 rings (SSSR count). The molecule has 0 unspecified atom stereocenters. The predicted molar refractivity (Wildman–Crippen MR) is 75.4 cm³/mol. The van der Waals surface area contributed by atoms with Crippen LogP contribution in [0.15, 0.2) is 47.6 Å². The van der Waals surface area contributed by atoms with Crippen LogP contribution in [0, 0.1) is 6.92 Å². The highest BCUT2D eigenvalue weighted by Crippen LogP contribution is 2.25. The fraction of sp³-hybridized carbons (Fsp3) is 0.154. The number of sulfonamides is 1. The first-order valence-corrected chi connectivity index (χ1v) is 7.12. The van der Waals surface area contributed by atoms with Gasteiger partial charge < -0.3 is 5.73 Å². The van der Waals surface area contributed by atoms with Crippen LogP contribution in [0.4, 0.5) is 11.4 Å². The second kappa shape index (κ2) is 4.89. The molecular formula is C13H15N3O2S. The van der Waals surface area contributed by atoms with E-state index in [1.807, 2.05) is 0 Å². The van der Waals surface area contributed by atoms with E-state index in [1.165, 1.54) is 17.4 Å². The summed E-state index contributed by atoms with van der Waals surface area (Å²) in [7, 11) is -2.11. The molecule has 0 atom stereocenters. The molecule has 0 amide bonds. The standard InChI is InChI=1S/C13H15N3O2S/c1-10-3-4-11(14)9-13(10)19(17,18)16(2)12-5-7-15-8-6-12/h3-9H,14H2,1-2H3. The lowest BCUT2D eigenvalue weighted by Crippen LogP contribution is -2.27. The average Bonchev–Trinajstić information content (AvgIpc) is 2.41. The van der Waals surface area contributed by atoms with E-state index in [1.54, 1.807) is 43.6 Å². The molecule has 100 valence electrons. The number of pyridine rings is 1. The number of rotatable bonds is 3. The summed E-state index contributed by atoms with van der Waals surface area (Å²) >= 11 is 0. The second-order valence-corrected chi connectivity index (χ2v) is 6.14. The summed E-state index contributed by atoms with van der Waals surface area (Å²) in [5.41, 5.74) is 7.31. The maximum atomic E-state index is 12.6. The van der Waals surface area contributed by atoms with E-state index in [0.29, 0.717) is 16.9 Å². The van der Waals surface area contributed by atoms with Crippen molar-refractivity contribution < 1.29 is 8.42 Å². The number of aryl methyl sites for hydroxylation is 1. The van der Waals surface area contributed by atoms with Crippen LogP contribution in [0.3, 0.4) is 0 Å². The zero-order chi connectivity index (χ0) is 14.0. The van der Waals surface area contributed by atoms with Crippen LogP contribution in [0.1, 0.15) is 5.56 Å². The average molecular weight is 277 g/mol. The van der Waals surface area contributed by atoms with Crippen molar-refractivity contribution in [3.05, 3.63) is 48.3 Å². The molecular weight excluding hydrogens is 262 g/mol. The summed E-state index contributed by atoms with van der Waals surface area (Å²) in [6, 6.07) is 8.13. The third kappa shape index (κ3) is 2.53. The molecule has 2 aromatic rings. The van der Waals surface area contributed by atoms with Crippen molar-refractivity contribution in [2.24, 2.45) is 0 Å². The van der Waals surface area contributed by atoms with Gasteiger partial charge in [-0.1, -0.05) is 6.07 Å². The number of nitrogens with zero attached hydrogens (tertiary/aromatic N) is 2. The fourth-order valence-electron chi connectivity index (χ4n) is 1.73. The molecule has 19 heavy (non-hydrogen) atoms. The lowest BCUT2D eigenvalue weighted by molar-refractivity contribution is 0.594.